The number of nitrogens with zero attached hydrogens (tertiary/aromatic N) is 1. The third-order valence-electron chi connectivity index (χ3n) is 4.29. The fraction of sp³-hybridized carbons (Fsp3) is 0.938. The molecule has 3 nitrogen and oxygen atoms in total. The lowest BCUT2D eigenvalue weighted by atomic mass is 9.73. The fourth-order valence-corrected chi connectivity index (χ4v) is 3.38. The maximum atomic E-state index is 12.3. The number of hydrogen-bond acceptors (Lipinski definition) is 2. The van der Waals surface area contributed by atoms with Gasteiger partial charge in [-0.3, -0.25) is 4.79 Å². The normalized spacial score (nSPS) is 24.4. The van der Waals surface area contributed by atoms with Crippen LogP contribution in [0.2, 0.25) is 0 Å². The molecular weight excluding hydrogens is 238 g/mol. The first-order valence-corrected chi connectivity index (χ1v) is 7.37. The van der Waals surface area contributed by atoms with Gasteiger partial charge in [-0.2, -0.15) is 0 Å². The average molecular weight is 268 g/mol. The minimum absolute atomic E-state index is 0.246. The maximum absolute atomic E-state index is 12.3. The molecule has 1 saturated heterocycles. The molecule has 1 aliphatic heterocycles. The molecule has 0 aromatic heterocycles. The molecule has 0 aromatic carbocycles. The number of hydrogen-bond donors (Lipinski definition) is 0. The maximum Gasteiger partial charge on any atom is 0.138 e. The quantitative estimate of drug-likeness (QED) is 0.776. The third kappa shape index (κ3) is 4.03. The number of Topliss-reactive ketones (excluding diaryl/α,β-unsaturated/α-hetero) is 1. The van der Waals surface area contributed by atoms with Gasteiger partial charge in [0.25, 0.3) is 0 Å². The van der Waals surface area contributed by atoms with Gasteiger partial charge >= 0.3 is 0 Å². The van der Waals surface area contributed by atoms with Crippen LogP contribution < -0.4 is 0 Å². The van der Waals surface area contributed by atoms with E-state index in [0.29, 0.717) is 18.1 Å². The summed E-state index contributed by atoms with van der Waals surface area (Å²) in [6, 6.07) is 0. The van der Waals surface area contributed by atoms with Gasteiger partial charge in [-0.15, -0.1) is 10.3 Å². The highest BCUT2D eigenvalue weighted by atomic mass is 16.5. The van der Waals surface area contributed by atoms with Crippen LogP contribution in [0.3, 0.4) is 0 Å². The van der Waals surface area contributed by atoms with Crippen molar-refractivity contribution in [3.05, 3.63) is 0 Å². The van der Waals surface area contributed by atoms with Crippen molar-refractivity contribution < 1.29 is 10.0 Å². The van der Waals surface area contributed by atoms with Crippen molar-refractivity contribution in [3.8, 4) is 0 Å². The zero-order valence-electron chi connectivity index (χ0n) is 13.7. The fourth-order valence-electron chi connectivity index (χ4n) is 3.38. The van der Waals surface area contributed by atoms with Crippen molar-refractivity contribution in [2.24, 2.45) is 11.3 Å². The Morgan fingerprint density at radius 1 is 1.11 bits per heavy atom. The molecule has 1 aliphatic rings. The van der Waals surface area contributed by atoms with Gasteiger partial charge in [0.2, 0.25) is 0 Å². The molecule has 3 heteroatoms. The van der Waals surface area contributed by atoms with Crippen molar-refractivity contribution in [2.75, 3.05) is 0 Å². The molecule has 0 unspecified atom stereocenters. The summed E-state index contributed by atoms with van der Waals surface area (Å²) in [5.41, 5.74) is -0.890. The van der Waals surface area contributed by atoms with Crippen LogP contribution >= 0.6 is 0 Å². The zero-order valence-corrected chi connectivity index (χ0v) is 13.7. The van der Waals surface area contributed by atoms with E-state index in [-0.39, 0.29) is 16.5 Å². The summed E-state index contributed by atoms with van der Waals surface area (Å²) in [6.45, 7) is 14.0. The first-order valence-electron chi connectivity index (χ1n) is 7.37. The molecule has 1 heterocycles. The Kier molecular flexibility index (Phi) is 4.53. The first kappa shape index (κ1) is 16.6. The van der Waals surface area contributed by atoms with Gasteiger partial charge < -0.3 is 0 Å². The summed E-state index contributed by atoms with van der Waals surface area (Å²) >= 11 is 0. The SMILES string of the molecule is CC(C)(C)C(=O)CCC1CC(C)(C)N([O])C(C)(C)C1. The Balaban J connectivity index is 2.64. The average Bonchev–Trinajstić information content (AvgIpc) is 2.20. The van der Waals surface area contributed by atoms with Crippen LogP contribution in [0, 0.1) is 11.3 Å². The Bertz CT molecular complexity index is 321. The van der Waals surface area contributed by atoms with Crippen LogP contribution in [-0.4, -0.2) is 21.9 Å². The molecule has 19 heavy (non-hydrogen) atoms. The van der Waals surface area contributed by atoms with E-state index in [9.17, 15) is 10.0 Å². The molecule has 0 spiro atoms. The first-order chi connectivity index (χ1) is 8.36. The molecule has 0 N–H and O–H groups in total. The molecule has 0 bridgehead atoms. The number of piperidine rings is 1. The number of carbonyl (C=O) groups is 1. The number of hydroxylamine groups is 2. The van der Waals surface area contributed by atoms with Crippen molar-refractivity contribution in [1.82, 2.24) is 5.06 Å². The van der Waals surface area contributed by atoms with E-state index in [1.807, 2.05) is 48.5 Å². The van der Waals surface area contributed by atoms with Crippen molar-refractivity contribution >= 4 is 5.78 Å². The third-order valence-corrected chi connectivity index (χ3v) is 4.29. The number of rotatable bonds is 3. The summed E-state index contributed by atoms with van der Waals surface area (Å²) < 4.78 is 0. The smallest absolute Gasteiger partial charge is 0.138 e. The highest BCUT2D eigenvalue weighted by molar-refractivity contribution is 5.83. The molecule has 111 valence electrons. The predicted octanol–water partition coefficient (Wildman–Crippen LogP) is 4.00. The van der Waals surface area contributed by atoms with E-state index in [4.69, 9.17) is 0 Å². The molecule has 1 fully saturated rings. The number of carbonyl (C=O) groups excluding carboxylic acids is 1. The lowest BCUT2D eigenvalue weighted by Crippen LogP contribution is -2.58. The lowest BCUT2D eigenvalue weighted by Gasteiger charge is -2.50. The monoisotopic (exact) mass is 268 g/mol. The standard InChI is InChI=1S/C16H30NO2/c1-14(2,3)13(18)9-8-12-10-15(4,5)17(19)16(6,7)11-12/h12H,8-11H2,1-7H3. The van der Waals surface area contributed by atoms with Crippen LogP contribution in [0.1, 0.15) is 74.1 Å². The second-order valence-corrected chi connectivity index (χ2v) is 8.41. The Hall–Kier alpha value is -0.410. The van der Waals surface area contributed by atoms with E-state index in [1.165, 1.54) is 5.06 Å². The van der Waals surface area contributed by atoms with Gasteiger partial charge in [0.1, 0.15) is 5.78 Å². The molecule has 0 atom stereocenters. The van der Waals surface area contributed by atoms with Crippen molar-refractivity contribution in [3.63, 3.8) is 0 Å². The minimum atomic E-state index is -0.322. The summed E-state index contributed by atoms with van der Waals surface area (Å²) in [6.07, 6.45) is 3.32. The molecule has 0 saturated carbocycles. The molecule has 0 aliphatic carbocycles. The minimum Gasteiger partial charge on any atom is -0.299 e. The van der Waals surface area contributed by atoms with Gasteiger partial charge in [-0.05, 0) is 52.9 Å². The Morgan fingerprint density at radius 3 is 1.89 bits per heavy atom. The van der Waals surface area contributed by atoms with Gasteiger partial charge in [0.05, 0.1) is 0 Å². The topological polar surface area (TPSA) is 40.2 Å². The largest absolute Gasteiger partial charge is 0.299 e. The van der Waals surface area contributed by atoms with Crippen LogP contribution in [-0.2, 0) is 10.0 Å². The van der Waals surface area contributed by atoms with Crippen LogP contribution in [0.5, 0.6) is 0 Å². The van der Waals surface area contributed by atoms with Crippen LogP contribution in [0.25, 0.3) is 0 Å². The molecule has 1 radical (unpaired) electrons. The summed E-state index contributed by atoms with van der Waals surface area (Å²) in [5, 5.41) is 13.5. The second kappa shape index (κ2) is 5.17. The van der Waals surface area contributed by atoms with Crippen LogP contribution in [0.4, 0.5) is 0 Å². The summed E-state index contributed by atoms with van der Waals surface area (Å²) in [7, 11) is 0. The highest BCUT2D eigenvalue weighted by Gasteiger charge is 2.45. The summed E-state index contributed by atoms with van der Waals surface area (Å²) in [4.78, 5) is 12.0. The lowest BCUT2D eigenvalue weighted by molar-refractivity contribution is -0.294. The molecule has 1 rings (SSSR count). The van der Waals surface area contributed by atoms with Crippen molar-refractivity contribution in [2.45, 2.75) is 85.2 Å². The highest BCUT2D eigenvalue weighted by Crippen LogP contribution is 2.42. The molecular formula is C16H30NO2. The van der Waals surface area contributed by atoms with E-state index in [1.54, 1.807) is 0 Å². The van der Waals surface area contributed by atoms with E-state index >= 15 is 0 Å². The number of ketones is 1. The van der Waals surface area contributed by atoms with Crippen LogP contribution in [0.15, 0.2) is 0 Å². The van der Waals surface area contributed by atoms with Crippen molar-refractivity contribution in [1.29, 1.82) is 0 Å². The van der Waals surface area contributed by atoms with Gasteiger partial charge in [-0.1, -0.05) is 20.8 Å². The second-order valence-electron chi connectivity index (χ2n) is 8.41. The molecule has 0 amide bonds. The predicted molar refractivity (Wildman–Crippen MR) is 77.1 cm³/mol. The van der Waals surface area contributed by atoms with E-state index in [0.717, 1.165) is 19.3 Å². The van der Waals surface area contributed by atoms with Gasteiger partial charge in [0, 0.05) is 22.9 Å². The van der Waals surface area contributed by atoms with E-state index in [2.05, 4.69) is 0 Å². The summed E-state index contributed by atoms with van der Waals surface area (Å²) in [5.74, 6) is 0.800. The van der Waals surface area contributed by atoms with Gasteiger partial charge in [0.15, 0.2) is 0 Å². The Morgan fingerprint density at radius 2 is 1.53 bits per heavy atom. The Labute approximate surface area is 118 Å². The van der Waals surface area contributed by atoms with Gasteiger partial charge in [-0.25, -0.2) is 0 Å². The van der Waals surface area contributed by atoms with E-state index < -0.39 is 0 Å². The molecule has 0 aromatic rings. The zero-order chi connectivity index (χ0) is 15.1.